The van der Waals surface area contributed by atoms with E-state index >= 15 is 0 Å². The highest BCUT2D eigenvalue weighted by Gasteiger charge is 2.16. The van der Waals surface area contributed by atoms with Crippen molar-refractivity contribution in [2.24, 2.45) is 0 Å². The van der Waals surface area contributed by atoms with Gasteiger partial charge in [0.25, 0.3) is 5.88 Å². The van der Waals surface area contributed by atoms with Crippen molar-refractivity contribution in [1.29, 1.82) is 0 Å². The lowest BCUT2D eigenvalue weighted by Crippen LogP contribution is -1.99. The van der Waals surface area contributed by atoms with E-state index in [0.717, 1.165) is 5.56 Å². The van der Waals surface area contributed by atoms with Crippen molar-refractivity contribution in [3.63, 3.8) is 0 Å². The van der Waals surface area contributed by atoms with Gasteiger partial charge in [0, 0.05) is 6.07 Å². The molecule has 19 heavy (non-hydrogen) atoms. The monoisotopic (exact) mass is 282 g/mol. The molecule has 2 rings (SSSR count). The van der Waals surface area contributed by atoms with Gasteiger partial charge in [-0.25, -0.2) is 4.39 Å². The van der Waals surface area contributed by atoms with Crippen molar-refractivity contribution in [2.45, 2.75) is 20.8 Å². The van der Waals surface area contributed by atoms with Crippen LogP contribution in [0.3, 0.4) is 0 Å². The van der Waals surface area contributed by atoms with Crippen LogP contribution in [0.4, 0.5) is 4.39 Å². The largest absolute Gasteiger partial charge is 0.503 e. The van der Waals surface area contributed by atoms with E-state index in [1.807, 2.05) is 6.92 Å². The summed E-state index contributed by atoms with van der Waals surface area (Å²) >= 11 is 5.57. The van der Waals surface area contributed by atoms with E-state index in [1.54, 1.807) is 19.9 Å². The van der Waals surface area contributed by atoms with Crippen LogP contribution in [0.15, 0.2) is 12.1 Å². The molecule has 0 bridgehead atoms. The van der Waals surface area contributed by atoms with Crippen LogP contribution in [0.25, 0.3) is 0 Å². The lowest BCUT2D eigenvalue weighted by Gasteiger charge is -2.13. The van der Waals surface area contributed by atoms with E-state index in [1.165, 1.54) is 6.07 Å². The Hall–Kier alpha value is -1.88. The summed E-state index contributed by atoms with van der Waals surface area (Å²) in [5, 5.41) is 16.8. The minimum Gasteiger partial charge on any atom is -0.503 e. The first-order valence-electron chi connectivity index (χ1n) is 5.56. The van der Waals surface area contributed by atoms with Crippen molar-refractivity contribution < 1.29 is 14.2 Å². The van der Waals surface area contributed by atoms with E-state index in [0.29, 0.717) is 11.1 Å². The number of hydrogen-bond donors (Lipinski definition) is 1. The summed E-state index contributed by atoms with van der Waals surface area (Å²) in [5.41, 5.74) is 1.98. The number of halogens is 2. The first kappa shape index (κ1) is 13.5. The van der Waals surface area contributed by atoms with E-state index in [9.17, 15) is 9.50 Å². The molecule has 0 aliphatic heterocycles. The van der Waals surface area contributed by atoms with E-state index in [-0.39, 0.29) is 22.5 Å². The lowest BCUT2D eigenvalue weighted by atomic mass is 10.1. The Labute approximate surface area is 114 Å². The van der Waals surface area contributed by atoms with Gasteiger partial charge in [-0.1, -0.05) is 17.7 Å². The van der Waals surface area contributed by atoms with Crippen molar-refractivity contribution >= 4 is 11.6 Å². The maximum Gasteiger partial charge on any atom is 0.281 e. The lowest BCUT2D eigenvalue weighted by molar-refractivity contribution is 0.374. The van der Waals surface area contributed by atoms with Crippen LogP contribution in [0, 0.1) is 26.6 Å². The van der Waals surface area contributed by atoms with Crippen LogP contribution in [0.1, 0.15) is 16.7 Å². The standard InChI is InChI=1S/C13H12ClFN2O2/c1-6-4-7(2)11(15)12(8(6)3)19-13-9(18)5-10(14)16-17-13/h4-5H,1-3H3,(H,16,18). The summed E-state index contributed by atoms with van der Waals surface area (Å²) in [6.45, 7) is 5.22. The van der Waals surface area contributed by atoms with Gasteiger partial charge < -0.3 is 9.84 Å². The molecule has 0 atom stereocenters. The summed E-state index contributed by atoms with van der Waals surface area (Å²) in [4.78, 5) is 0. The van der Waals surface area contributed by atoms with Gasteiger partial charge in [0.15, 0.2) is 22.5 Å². The van der Waals surface area contributed by atoms with Crippen molar-refractivity contribution in [3.05, 3.63) is 39.8 Å². The molecule has 1 aromatic heterocycles. The van der Waals surface area contributed by atoms with Crippen LogP contribution in [-0.4, -0.2) is 15.3 Å². The Kier molecular flexibility index (Phi) is 3.57. The predicted octanol–water partition coefficient (Wildman–Crippen LogP) is 3.69. The number of hydrogen-bond acceptors (Lipinski definition) is 4. The minimum atomic E-state index is -0.487. The van der Waals surface area contributed by atoms with Crippen LogP contribution in [-0.2, 0) is 0 Å². The van der Waals surface area contributed by atoms with E-state index in [4.69, 9.17) is 16.3 Å². The number of ether oxygens (including phenoxy) is 1. The molecule has 0 aliphatic carbocycles. The smallest absolute Gasteiger partial charge is 0.281 e. The zero-order valence-electron chi connectivity index (χ0n) is 10.7. The molecule has 100 valence electrons. The fraction of sp³-hybridized carbons (Fsp3) is 0.231. The Morgan fingerprint density at radius 3 is 2.47 bits per heavy atom. The molecule has 0 spiro atoms. The van der Waals surface area contributed by atoms with Gasteiger partial charge in [0.2, 0.25) is 0 Å². The van der Waals surface area contributed by atoms with Gasteiger partial charge in [-0.05, 0) is 37.5 Å². The van der Waals surface area contributed by atoms with Gasteiger partial charge in [-0.3, -0.25) is 0 Å². The quantitative estimate of drug-likeness (QED) is 0.912. The molecular weight excluding hydrogens is 271 g/mol. The van der Waals surface area contributed by atoms with Crippen molar-refractivity contribution in [1.82, 2.24) is 10.2 Å². The Morgan fingerprint density at radius 2 is 1.84 bits per heavy atom. The molecule has 0 aliphatic rings. The summed E-state index contributed by atoms with van der Waals surface area (Å²) < 4.78 is 19.4. The van der Waals surface area contributed by atoms with E-state index in [2.05, 4.69) is 10.2 Å². The van der Waals surface area contributed by atoms with Crippen molar-refractivity contribution in [3.8, 4) is 17.4 Å². The maximum atomic E-state index is 14.1. The first-order valence-corrected chi connectivity index (χ1v) is 5.94. The fourth-order valence-corrected chi connectivity index (χ4v) is 1.80. The average molecular weight is 283 g/mol. The Bertz CT molecular complexity index is 621. The summed E-state index contributed by atoms with van der Waals surface area (Å²) in [7, 11) is 0. The summed E-state index contributed by atoms with van der Waals surface area (Å²) in [5.74, 6) is -0.932. The second kappa shape index (κ2) is 5.01. The average Bonchev–Trinajstić information content (AvgIpc) is 2.34. The van der Waals surface area contributed by atoms with Gasteiger partial charge in [-0.15, -0.1) is 10.2 Å². The highest BCUT2D eigenvalue weighted by molar-refractivity contribution is 6.29. The normalized spacial score (nSPS) is 10.6. The molecule has 0 amide bonds. The second-order valence-electron chi connectivity index (χ2n) is 4.24. The van der Waals surface area contributed by atoms with Gasteiger partial charge in [0.05, 0.1) is 0 Å². The highest BCUT2D eigenvalue weighted by atomic mass is 35.5. The third-order valence-electron chi connectivity index (χ3n) is 2.82. The molecular formula is C13H12ClFN2O2. The zero-order chi connectivity index (χ0) is 14.2. The SMILES string of the molecule is Cc1cc(C)c(F)c(Oc2nnc(Cl)cc2O)c1C. The molecule has 0 radical (unpaired) electrons. The van der Waals surface area contributed by atoms with E-state index < -0.39 is 5.82 Å². The summed E-state index contributed by atoms with van der Waals surface area (Å²) in [6.07, 6.45) is 0. The summed E-state index contributed by atoms with van der Waals surface area (Å²) in [6, 6.07) is 2.91. The number of benzene rings is 1. The topological polar surface area (TPSA) is 55.2 Å². The van der Waals surface area contributed by atoms with Crippen LogP contribution in [0.2, 0.25) is 5.15 Å². The molecule has 0 fully saturated rings. The zero-order valence-corrected chi connectivity index (χ0v) is 11.4. The number of aromatic hydroxyl groups is 1. The van der Waals surface area contributed by atoms with Crippen LogP contribution in [0.5, 0.6) is 17.4 Å². The second-order valence-corrected chi connectivity index (χ2v) is 4.63. The number of aryl methyl sites for hydroxylation is 2. The molecule has 1 N–H and O–H groups in total. The molecule has 0 saturated carbocycles. The van der Waals surface area contributed by atoms with Crippen LogP contribution >= 0.6 is 11.6 Å². The number of aromatic nitrogens is 2. The molecule has 4 nitrogen and oxygen atoms in total. The molecule has 0 unspecified atom stereocenters. The molecule has 2 aromatic rings. The van der Waals surface area contributed by atoms with Gasteiger partial charge in [0.1, 0.15) is 0 Å². The minimum absolute atomic E-state index is 0.0301. The molecule has 1 heterocycles. The van der Waals surface area contributed by atoms with Gasteiger partial charge in [-0.2, -0.15) is 0 Å². The molecule has 1 aromatic carbocycles. The third-order valence-corrected chi connectivity index (χ3v) is 3.01. The first-order chi connectivity index (χ1) is 8.90. The third kappa shape index (κ3) is 2.61. The number of rotatable bonds is 2. The van der Waals surface area contributed by atoms with Crippen LogP contribution < -0.4 is 4.74 Å². The Balaban J connectivity index is 2.49. The molecule has 6 heteroatoms. The maximum absolute atomic E-state index is 14.1. The molecule has 0 saturated heterocycles. The Morgan fingerprint density at radius 1 is 1.16 bits per heavy atom. The predicted molar refractivity (Wildman–Crippen MR) is 69.4 cm³/mol. The highest BCUT2D eigenvalue weighted by Crippen LogP contribution is 2.35. The van der Waals surface area contributed by atoms with Crippen molar-refractivity contribution in [2.75, 3.05) is 0 Å². The number of nitrogens with zero attached hydrogens (tertiary/aromatic N) is 2. The fourth-order valence-electron chi connectivity index (χ4n) is 1.66. The van der Waals surface area contributed by atoms with Gasteiger partial charge >= 0.3 is 0 Å².